The Morgan fingerprint density at radius 1 is 0.889 bits per heavy atom. The van der Waals surface area contributed by atoms with Crippen LogP contribution >= 0.6 is 0 Å². The molecular weight excluding hydrogens is 220 g/mol. The molecule has 0 aromatic heterocycles. The van der Waals surface area contributed by atoms with Crippen LogP contribution in [0.3, 0.4) is 0 Å². The van der Waals surface area contributed by atoms with Crippen LogP contribution in [0, 0.1) is 5.92 Å². The Labute approximate surface area is 113 Å². The zero-order valence-corrected chi connectivity index (χ0v) is 12.0. The monoisotopic (exact) mass is 250 g/mol. The van der Waals surface area contributed by atoms with Crippen molar-refractivity contribution in [3.63, 3.8) is 0 Å². The summed E-state index contributed by atoms with van der Waals surface area (Å²) in [7, 11) is 0. The van der Waals surface area contributed by atoms with Crippen LogP contribution in [-0.4, -0.2) is 36.1 Å². The fourth-order valence-electron chi connectivity index (χ4n) is 4.54. The highest BCUT2D eigenvalue weighted by molar-refractivity contribution is 4.95. The van der Waals surface area contributed by atoms with Crippen molar-refractivity contribution in [3.8, 4) is 0 Å². The fourth-order valence-corrected chi connectivity index (χ4v) is 4.54. The minimum Gasteiger partial charge on any atom is -0.312 e. The van der Waals surface area contributed by atoms with Gasteiger partial charge in [-0.25, -0.2) is 0 Å². The molecule has 3 fully saturated rings. The second-order valence-corrected chi connectivity index (χ2v) is 6.92. The first-order chi connectivity index (χ1) is 8.84. The quantitative estimate of drug-likeness (QED) is 0.757. The first kappa shape index (κ1) is 12.9. The number of likely N-dealkylation sites (tertiary alicyclic amines) is 1. The van der Waals surface area contributed by atoms with Crippen LogP contribution in [-0.2, 0) is 0 Å². The molecule has 2 nitrogen and oxygen atoms in total. The summed E-state index contributed by atoms with van der Waals surface area (Å²) in [6.07, 6.45) is 13.0. The van der Waals surface area contributed by atoms with E-state index in [1.165, 1.54) is 70.9 Å². The molecule has 2 heteroatoms. The van der Waals surface area contributed by atoms with Crippen molar-refractivity contribution < 1.29 is 0 Å². The number of nitrogens with zero attached hydrogens (tertiary/aromatic N) is 1. The molecule has 2 heterocycles. The van der Waals surface area contributed by atoms with Gasteiger partial charge in [-0.2, -0.15) is 0 Å². The summed E-state index contributed by atoms with van der Waals surface area (Å²) in [6.45, 7) is 5.08. The van der Waals surface area contributed by atoms with Gasteiger partial charge in [0.2, 0.25) is 0 Å². The summed E-state index contributed by atoms with van der Waals surface area (Å²) in [4.78, 5) is 2.90. The van der Waals surface area contributed by atoms with Crippen molar-refractivity contribution in [2.45, 2.75) is 82.8 Å². The van der Waals surface area contributed by atoms with E-state index in [0.29, 0.717) is 0 Å². The number of nitrogens with one attached hydrogen (secondary N) is 1. The second kappa shape index (κ2) is 5.92. The number of rotatable bonds is 2. The van der Waals surface area contributed by atoms with Crippen molar-refractivity contribution in [1.29, 1.82) is 0 Å². The zero-order chi connectivity index (χ0) is 12.4. The average Bonchev–Trinajstić information content (AvgIpc) is 2.99. The van der Waals surface area contributed by atoms with E-state index >= 15 is 0 Å². The molecule has 4 unspecified atom stereocenters. The molecule has 3 aliphatic rings. The standard InChI is InChI=1S/C16H30N2/c1-13-5-2-6-14(10-9-13)18-12-4-8-16(18)15-7-3-11-17-15/h13-17H,2-12H2,1H3. The van der Waals surface area contributed by atoms with Gasteiger partial charge in [0.1, 0.15) is 0 Å². The van der Waals surface area contributed by atoms with Crippen LogP contribution in [0.1, 0.15) is 64.7 Å². The van der Waals surface area contributed by atoms with Crippen molar-refractivity contribution >= 4 is 0 Å². The minimum absolute atomic E-state index is 0.813. The Hall–Kier alpha value is -0.0800. The number of hydrogen-bond donors (Lipinski definition) is 1. The summed E-state index contributed by atoms with van der Waals surface area (Å²) in [5, 5.41) is 3.75. The Morgan fingerprint density at radius 3 is 2.67 bits per heavy atom. The Bertz CT molecular complexity index is 260. The molecule has 1 N–H and O–H groups in total. The van der Waals surface area contributed by atoms with E-state index in [-0.39, 0.29) is 0 Å². The van der Waals surface area contributed by atoms with Gasteiger partial charge in [0.05, 0.1) is 0 Å². The molecule has 3 rings (SSSR count). The Balaban J connectivity index is 1.62. The molecule has 0 radical (unpaired) electrons. The lowest BCUT2D eigenvalue weighted by molar-refractivity contribution is 0.138. The Kier molecular flexibility index (Phi) is 4.25. The van der Waals surface area contributed by atoms with Crippen LogP contribution in [0.15, 0.2) is 0 Å². The highest BCUT2D eigenvalue weighted by Crippen LogP contribution is 2.33. The van der Waals surface area contributed by atoms with Crippen LogP contribution in [0.5, 0.6) is 0 Å². The molecule has 104 valence electrons. The van der Waals surface area contributed by atoms with Gasteiger partial charge in [-0.1, -0.05) is 19.8 Å². The average molecular weight is 250 g/mol. The lowest BCUT2D eigenvalue weighted by Crippen LogP contribution is -2.48. The number of hydrogen-bond acceptors (Lipinski definition) is 2. The molecule has 1 saturated carbocycles. The molecule has 4 atom stereocenters. The SMILES string of the molecule is CC1CCCC(N2CCCC2C2CCCN2)CC1. The highest BCUT2D eigenvalue weighted by atomic mass is 15.2. The maximum Gasteiger partial charge on any atom is 0.0252 e. The molecule has 0 spiro atoms. The topological polar surface area (TPSA) is 15.3 Å². The summed E-state index contributed by atoms with van der Waals surface area (Å²) in [5.74, 6) is 0.973. The Morgan fingerprint density at radius 2 is 1.83 bits per heavy atom. The fraction of sp³-hybridized carbons (Fsp3) is 1.00. The van der Waals surface area contributed by atoms with Crippen molar-refractivity contribution in [2.75, 3.05) is 13.1 Å². The third-order valence-electron chi connectivity index (χ3n) is 5.60. The van der Waals surface area contributed by atoms with Crippen molar-refractivity contribution in [1.82, 2.24) is 10.2 Å². The lowest BCUT2D eigenvalue weighted by atomic mass is 9.99. The van der Waals surface area contributed by atoms with E-state index in [1.54, 1.807) is 0 Å². The normalized spacial score (nSPS) is 43.2. The predicted molar refractivity (Wildman–Crippen MR) is 76.8 cm³/mol. The van der Waals surface area contributed by atoms with Gasteiger partial charge in [-0.05, 0) is 64.0 Å². The molecule has 1 aliphatic carbocycles. The van der Waals surface area contributed by atoms with Gasteiger partial charge in [0.25, 0.3) is 0 Å². The predicted octanol–water partition coefficient (Wildman–Crippen LogP) is 3.17. The zero-order valence-electron chi connectivity index (χ0n) is 12.0. The molecule has 2 aliphatic heterocycles. The first-order valence-electron chi connectivity index (χ1n) is 8.34. The molecule has 0 aromatic rings. The summed E-state index contributed by atoms with van der Waals surface area (Å²) < 4.78 is 0. The van der Waals surface area contributed by atoms with Crippen LogP contribution in [0.2, 0.25) is 0 Å². The van der Waals surface area contributed by atoms with Gasteiger partial charge in [-0.15, -0.1) is 0 Å². The van der Waals surface area contributed by atoms with Crippen molar-refractivity contribution in [3.05, 3.63) is 0 Å². The maximum atomic E-state index is 3.75. The van der Waals surface area contributed by atoms with Crippen LogP contribution in [0.4, 0.5) is 0 Å². The minimum atomic E-state index is 0.813. The molecular formula is C16H30N2. The van der Waals surface area contributed by atoms with Crippen LogP contribution in [0.25, 0.3) is 0 Å². The van der Waals surface area contributed by atoms with Gasteiger partial charge >= 0.3 is 0 Å². The second-order valence-electron chi connectivity index (χ2n) is 6.92. The largest absolute Gasteiger partial charge is 0.312 e. The van der Waals surface area contributed by atoms with Gasteiger partial charge < -0.3 is 5.32 Å². The van der Waals surface area contributed by atoms with Crippen molar-refractivity contribution in [2.24, 2.45) is 5.92 Å². The molecule has 0 aromatic carbocycles. The van der Waals surface area contributed by atoms with E-state index in [0.717, 1.165) is 24.0 Å². The van der Waals surface area contributed by atoms with E-state index < -0.39 is 0 Å². The lowest BCUT2D eigenvalue weighted by Gasteiger charge is -2.36. The van der Waals surface area contributed by atoms with Gasteiger partial charge in [0.15, 0.2) is 0 Å². The summed E-state index contributed by atoms with van der Waals surface area (Å²) >= 11 is 0. The van der Waals surface area contributed by atoms with Gasteiger partial charge in [0, 0.05) is 18.1 Å². The van der Waals surface area contributed by atoms with E-state index in [1.807, 2.05) is 0 Å². The molecule has 2 saturated heterocycles. The molecule has 0 amide bonds. The highest BCUT2D eigenvalue weighted by Gasteiger charge is 2.36. The summed E-state index contributed by atoms with van der Waals surface area (Å²) in [6, 6.07) is 2.59. The van der Waals surface area contributed by atoms with Gasteiger partial charge in [-0.3, -0.25) is 4.90 Å². The van der Waals surface area contributed by atoms with Crippen LogP contribution < -0.4 is 5.32 Å². The van der Waals surface area contributed by atoms with E-state index in [2.05, 4.69) is 17.1 Å². The maximum absolute atomic E-state index is 3.75. The summed E-state index contributed by atoms with van der Waals surface area (Å²) in [5.41, 5.74) is 0. The third kappa shape index (κ3) is 2.75. The van der Waals surface area contributed by atoms with E-state index in [4.69, 9.17) is 0 Å². The molecule has 18 heavy (non-hydrogen) atoms. The molecule has 0 bridgehead atoms. The smallest absolute Gasteiger partial charge is 0.0252 e. The third-order valence-corrected chi connectivity index (χ3v) is 5.60. The van der Waals surface area contributed by atoms with E-state index in [9.17, 15) is 0 Å². The first-order valence-corrected chi connectivity index (χ1v) is 8.34.